The van der Waals surface area contributed by atoms with E-state index in [9.17, 15) is 14.7 Å². The van der Waals surface area contributed by atoms with E-state index in [2.05, 4.69) is 10.3 Å². The monoisotopic (exact) mass is 440 g/mol. The van der Waals surface area contributed by atoms with E-state index in [0.29, 0.717) is 22.0 Å². The van der Waals surface area contributed by atoms with Gasteiger partial charge in [-0.05, 0) is 43.7 Å². The Morgan fingerprint density at radius 3 is 2.55 bits per heavy atom. The maximum absolute atomic E-state index is 12.4. The van der Waals surface area contributed by atoms with Gasteiger partial charge in [0.25, 0.3) is 5.91 Å². The molecule has 0 aliphatic carbocycles. The Labute approximate surface area is 178 Å². The topological polar surface area (TPSA) is 97.8 Å². The molecular weight excluding hydrogens is 419 g/mol. The molecule has 0 aliphatic rings. The second-order valence-electron chi connectivity index (χ2n) is 6.53. The predicted molar refractivity (Wildman–Crippen MR) is 110 cm³/mol. The minimum absolute atomic E-state index is 0.116. The molecule has 1 aromatic heterocycles. The van der Waals surface area contributed by atoms with Gasteiger partial charge in [0, 0.05) is 29.7 Å². The summed E-state index contributed by atoms with van der Waals surface area (Å²) in [6.45, 7) is 3.65. The summed E-state index contributed by atoms with van der Waals surface area (Å²) in [6, 6.07) is 6.33. The zero-order valence-corrected chi connectivity index (χ0v) is 17.8. The molecule has 156 valence electrons. The van der Waals surface area contributed by atoms with Crippen molar-refractivity contribution in [2.24, 2.45) is 0 Å². The number of carbonyl (C=O) groups excluding carboxylic acids is 1. The van der Waals surface area contributed by atoms with E-state index in [1.165, 1.54) is 25.4 Å². The van der Waals surface area contributed by atoms with Crippen molar-refractivity contribution in [3.63, 3.8) is 0 Å². The molecule has 2 rings (SSSR count). The molecule has 2 aromatic rings. The number of nitrogens with one attached hydrogen (secondary N) is 1. The first kappa shape index (κ1) is 22.9. The average Bonchev–Trinajstić information content (AvgIpc) is 2.65. The maximum Gasteiger partial charge on any atom is 0.333 e. The minimum atomic E-state index is -1.05. The highest BCUT2D eigenvalue weighted by Crippen LogP contribution is 2.22. The van der Waals surface area contributed by atoms with Gasteiger partial charge >= 0.3 is 5.97 Å². The molecule has 29 heavy (non-hydrogen) atoms. The molecule has 2 N–H and O–H groups in total. The highest BCUT2D eigenvalue weighted by Gasteiger charge is 2.21. The molecule has 0 fully saturated rings. The molecule has 7 nitrogen and oxygen atoms in total. The van der Waals surface area contributed by atoms with Gasteiger partial charge in [0.05, 0.1) is 23.8 Å². The lowest BCUT2D eigenvalue weighted by atomic mass is 10.1. The van der Waals surface area contributed by atoms with Crippen molar-refractivity contribution in [2.75, 3.05) is 7.11 Å². The Balaban J connectivity index is 2.15. The van der Waals surface area contributed by atoms with Crippen LogP contribution in [0.2, 0.25) is 10.0 Å². The van der Waals surface area contributed by atoms with Crippen LogP contribution >= 0.6 is 23.2 Å². The highest BCUT2D eigenvalue weighted by molar-refractivity contribution is 6.36. The summed E-state index contributed by atoms with van der Waals surface area (Å²) in [5.41, 5.74) is 1.53. The van der Waals surface area contributed by atoms with Gasteiger partial charge < -0.3 is 19.9 Å². The number of aromatic nitrogens is 1. The Morgan fingerprint density at radius 1 is 1.24 bits per heavy atom. The summed E-state index contributed by atoms with van der Waals surface area (Å²) in [4.78, 5) is 28.1. The molecule has 1 heterocycles. The largest absolute Gasteiger partial charge is 0.481 e. The van der Waals surface area contributed by atoms with Gasteiger partial charge in [0.2, 0.25) is 5.88 Å². The van der Waals surface area contributed by atoms with Gasteiger partial charge in [-0.25, -0.2) is 9.78 Å². The number of hydrogen-bond acceptors (Lipinski definition) is 5. The number of hydrogen-bond donors (Lipinski definition) is 2. The fraction of sp³-hybridized carbons (Fsp3) is 0.350. The van der Waals surface area contributed by atoms with Crippen LogP contribution in [-0.4, -0.2) is 41.3 Å². The number of nitrogens with zero attached hydrogens (tertiary/aromatic N) is 1. The van der Waals surface area contributed by atoms with E-state index in [1.54, 1.807) is 26.0 Å². The third-order valence-electron chi connectivity index (χ3n) is 3.92. The van der Waals surface area contributed by atoms with Gasteiger partial charge in [0.1, 0.15) is 0 Å². The van der Waals surface area contributed by atoms with Gasteiger partial charge in [-0.3, -0.25) is 4.79 Å². The van der Waals surface area contributed by atoms with Crippen LogP contribution in [0.3, 0.4) is 0 Å². The molecule has 0 radical (unpaired) electrons. The van der Waals surface area contributed by atoms with E-state index in [-0.39, 0.29) is 35.6 Å². The van der Waals surface area contributed by atoms with Gasteiger partial charge in [-0.15, -0.1) is 0 Å². The van der Waals surface area contributed by atoms with Gasteiger partial charge in [0.15, 0.2) is 6.10 Å². The highest BCUT2D eigenvalue weighted by atomic mass is 35.5. The molecule has 0 bridgehead atoms. The quantitative estimate of drug-likeness (QED) is 0.615. The first-order valence-corrected chi connectivity index (χ1v) is 9.60. The number of carbonyl (C=O) groups is 2. The van der Waals surface area contributed by atoms with Crippen LogP contribution in [0.25, 0.3) is 0 Å². The Hall–Kier alpha value is -2.35. The van der Waals surface area contributed by atoms with Crippen LogP contribution in [0.15, 0.2) is 30.5 Å². The van der Waals surface area contributed by atoms with E-state index >= 15 is 0 Å². The summed E-state index contributed by atoms with van der Waals surface area (Å²) >= 11 is 11.9. The molecule has 1 atom stereocenters. The Morgan fingerprint density at radius 2 is 1.97 bits per heavy atom. The second kappa shape index (κ2) is 10.4. The number of ether oxygens (including phenoxy) is 2. The van der Waals surface area contributed by atoms with Crippen molar-refractivity contribution in [2.45, 2.75) is 39.0 Å². The molecule has 1 unspecified atom stereocenters. The van der Waals surface area contributed by atoms with Crippen LogP contribution in [0.5, 0.6) is 5.88 Å². The predicted octanol–water partition coefficient (Wildman–Crippen LogP) is 3.75. The fourth-order valence-corrected chi connectivity index (χ4v) is 3.14. The number of methoxy groups -OCH3 is 1. The maximum atomic E-state index is 12.4. The van der Waals surface area contributed by atoms with Gasteiger partial charge in [-0.1, -0.05) is 23.2 Å². The Bertz CT molecular complexity index is 889. The summed E-state index contributed by atoms with van der Waals surface area (Å²) in [5, 5.41) is 12.8. The van der Waals surface area contributed by atoms with E-state index < -0.39 is 12.1 Å². The second-order valence-corrected chi connectivity index (χ2v) is 7.38. The number of aliphatic carboxylic acids is 1. The number of halogens is 2. The molecule has 0 aliphatic heterocycles. The third-order valence-corrected chi connectivity index (χ3v) is 4.47. The molecule has 1 amide bonds. The van der Waals surface area contributed by atoms with Crippen molar-refractivity contribution in [3.05, 3.63) is 57.2 Å². The van der Waals surface area contributed by atoms with E-state index in [4.69, 9.17) is 32.7 Å². The van der Waals surface area contributed by atoms with E-state index in [1.807, 2.05) is 0 Å². The SMILES string of the molecule is COc1ncc(CC(OC(C)C)C(=O)O)cc1CNC(=O)c1ccc(Cl)cc1Cl. The number of amides is 1. The van der Waals surface area contributed by atoms with Crippen LogP contribution in [-0.2, 0) is 22.5 Å². The van der Waals surface area contributed by atoms with Gasteiger partial charge in [-0.2, -0.15) is 0 Å². The molecule has 0 saturated heterocycles. The normalized spacial score (nSPS) is 11.9. The van der Waals surface area contributed by atoms with Crippen LogP contribution in [0.4, 0.5) is 0 Å². The fourth-order valence-electron chi connectivity index (χ4n) is 2.65. The van der Waals surface area contributed by atoms with Crippen LogP contribution < -0.4 is 10.1 Å². The number of benzene rings is 1. The lowest BCUT2D eigenvalue weighted by molar-refractivity contribution is -0.153. The average molecular weight is 441 g/mol. The molecule has 1 aromatic carbocycles. The summed E-state index contributed by atoms with van der Waals surface area (Å²) < 4.78 is 10.7. The lowest BCUT2D eigenvalue weighted by Crippen LogP contribution is -2.29. The smallest absolute Gasteiger partial charge is 0.333 e. The van der Waals surface area contributed by atoms with Crippen molar-refractivity contribution in [3.8, 4) is 5.88 Å². The van der Waals surface area contributed by atoms with Crippen molar-refractivity contribution >= 4 is 35.1 Å². The van der Waals surface area contributed by atoms with Crippen molar-refractivity contribution in [1.29, 1.82) is 0 Å². The standard InChI is InChI=1S/C20H22Cl2N2O5/c1-11(2)29-17(20(26)27)7-12-6-13(19(28-3)24-9-12)10-23-18(25)15-5-4-14(21)8-16(15)22/h4-6,8-9,11,17H,7,10H2,1-3H3,(H,23,25)(H,26,27). The number of pyridine rings is 1. The molecular formula is C20H22Cl2N2O5. The van der Waals surface area contributed by atoms with Crippen LogP contribution in [0, 0.1) is 0 Å². The third kappa shape index (κ3) is 6.59. The first-order valence-electron chi connectivity index (χ1n) is 8.84. The Kier molecular flexibility index (Phi) is 8.25. The molecule has 9 heteroatoms. The molecule has 0 saturated carbocycles. The molecule has 0 spiro atoms. The first-order chi connectivity index (χ1) is 13.7. The zero-order chi connectivity index (χ0) is 21.6. The minimum Gasteiger partial charge on any atom is -0.481 e. The summed E-state index contributed by atoms with van der Waals surface area (Å²) in [6.07, 6.45) is 0.430. The number of carboxylic acids is 1. The van der Waals surface area contributed by atoms with Crippen LogP contribution in [0.1, 0.15) is 35.3 Å². The lowest BCUT2D eigenvalue weighted by Gasteiger charge is -2.17. The van der Waals surface area contributed by atoms with Crippen molar-refractivity contribution in [1.82, 2.24) is 10.3 Å². The number of rotatable bonds is 9. The van der Waals surface area contributed by atoms with Crippen molar-refractivity contribution < 1.29 is 24.2 Å². The summed E-state index contributed by atoms with van der Waals surface area (Å²) in [5.74, 6) is -1.11. The zero-order valence-electron chi connectivity index (χ0n) is 16.2. The number of carboxylic acid groups (broad SMARTS) is 1. The summed E-state index contributed by atoms with van der Waals surface area (Å²) in [7, 11) is 1.46. The van der Waals surface area contributed by atoms with E-state index in [0.717, 1.165) is 0 Å².